The predicted molar refractivity (Wildman–Crippen MR) is 98.3 cm³/mol. The second kappa shape index (κ2) is 6.51. The number of aromatic hydroxyl groups is 1. The van der Waals surface area contributed by atoms with E-state index in [0.29, 0.717) is 16.1 Å². The number of phenols is 1. The minimum Gasteiger partial charge on any atom is -0.506 e. The number of fused-ring (bicyclic) bond motifs is 5. The molecule has 0 fully saturated rings. The highest BCUT2D eigenvalue weighted by molar-refractivity contribution is 7.91. The average molecular weight is 382 g/mol. The van der Waals surface area contributed by atoms with E-state index in [9.17, 15) is 13.5 Å². The van der Waals surface area contributed by atoms with E-state index in [2.05, 4.69) is 4.72 Å². The third-order valence-corrected chi connectivity index (χ3v) is 5.36. The lowest BCUT2D eigenvalue weighted by molar-refractivity contribution is 0.482. The molecule has 2 aliphatic rings. The standard InChI is InChI=1S/C10H6Cl2O.C7H7NO2S/c11-8-5-9(12)10(13)7-4-2-1-3-6(7)8;9-11(10)5-6-1-3-7(8-11)4-2-6/h1-5,13H;1-4,8H,5H2. The van der Waals surface area contributed by atoms with E-state index >= 15 is 0 Å². The van der Waals surface area contributed by atoms with Crippen LogP contribution < -0.4 is 4.72 Å². The molecule has 4 nitrogen and oxygen atoms in total. The van der Waals surface area contributed by atoms with Crippen molar-refractivity contribution in [2.24, 2.45) is 0 Å². The topological polar surface area (TPSA) is 66.4 Å². The summed E-state index contributed by atoms with van der Waals surface area (Å²) in [7, 11) is -3.10. The van der Waals surface area contributed by atoms with E-state index in [4.69, 9.17) is 23.2 Å². The molecule has 0 amide bonds. The van der Waals surface area contributed by atoms with Gasteiger partial charge in [0.05, 0.1) is 15.8 Å². The van der Waals surface area contributed by atoms with Crippen LogP contribution in [0.4, 0.5) is 5.69 Å². The molecule has 0 spiro atoms. The molecule has 0 unspecified atom stereocenters. The number of hydrogen-bond donors (Lipinski definition) is 2. The number of hydrogen-bond acceptors (Lipinski definition) is 3. The Morgan fingerprint density at radius 1 is 0.917 bits per heavy atom. The summed E-state index contributed by atoms with van der Waals surface area (Å²) >= 11 is 11.7. The molecule has 2 N–H and O–H groups in total. The van der Waals surface area contributed by atoms with Gasteiger partial charge in [0.2, 0.25) is 10.0 Å². The van der Waals surface area contributed by atoms with Gasteiger partial charge in [-0.25, -0.2) is 8.42 Å². The fourth-order valence-corrected chi connectivity index (χ4v) is 4.13. The first-order valence-electron chi connectivity index (χ1n) is 7.01. The van der Waals surface area contributed by atoms with Gasteiger partial charge in [-0.1, -0.05) is 59.6 Å². The summed E-state index contributed by atoms with van der Waals surface area (Å²) in [5.41, 5.74) is 1.48. The molecule has 24 heavy (non-hydrogen) atoms. The second-order valence-corrected chi connectivity index (χ2v) is 7.83. The number of rotatable bonds is 0. The lowest BCUT2D eigenvalue weighted by Gasteiger charge is -2.04. The Labute approximate surface area is 149 Å². The smallest absolute Gasteiger partial charge is 0.236 e. The molecule has 0 aromatic heterocycles. The minimum absolute atomic E-state index is 0.0849. The zero-order valence-corrected chi connectivity index (χ0v) is 14.7. The molecule has 3 aromatic carbocycles. The van der Waals surface area contributed by atoms with Crippen LogP contribution in [0.3, 0.4) is 0 Å². The van der Waals surface area contributed by atoms with Crippen molar-refractivity contribution < 1.29 is 13.5 Å². The van der Waals surface area contributed by atoms with Crippen LogP contribution >= 0.6 is 23.2 Å². The summed E-state index contributed by atoms with van der Waals surface area (Å²) < 4.78 is 24.6. The molecular weight excluding hydrogens is 369 g/mol. The first-order chi connectivity index (χ1) is 11.4. The predicted octanol–water partition coefficient (Wildman–Crippen LogP) is 4.79. The van der Waals surface area contributed by atoms with Gasteiger partial charge in [-0.15, -0.1) is 0 Å². The number of sulfonamides is 1. The Hall–Kier alpha value is -1.95. The maximum Gasteiger partial charge on any atom is 0.236 e. The average Bonchev–Trinajstić information content (AvgIpc) is 2.79. The van der Waals surface area contributed by atoms with Crippen LogP contribution in [-0.4, -0.2) is 13.5 Å². The molecule has 3 aromatic rings. The Balaban J connectivity index is 0.000000143. The summed E-state index contributed by atoms with van der Waals surface area (Å²) in [6.07, 6.45) is 0. The fraction of sp³-hybridized carbons (Fsp3) is 0.0588. The number of benzene rings is 3. The normalized spacial score (nSPS) is 14.4. The van der Waals surface area contributed by atoms with Crippen molar-refractivity contribution in [2.45, 2.75) is 5.75 Å². The van der Waals surface area contributed by atoms with Crippen LogP contribution in [0.2, 0.25) is 10.0 Å². The van der Waals surface area contributed by atoms with Gasteiger partial charge >= 0.3 is 0 Å². The molecular formula is C17H13Cl2NO3S. The summed E-state index contributed by atoms with van der Waals surface area (Å²) in [5, 5.41) is 11.9. The van der Waals surface area contributed by atoms with Crippen molar-refractivity contribution in [3.8, 4) is 5.75 Å². The van der Waals surface area contributed by atoms with Gasteiger partial charge in [-0.2, -0.15) is 0 Å². The Kier molecular flexibility index (Phi) is 4.58. The highest BCUT2D eigenvalue weighted by Crippen LogP contribution is 2.36. The van der Waals surface area contributed by atoms with Gasteiger partial charge < -0.3 is 5.11 Å². The maximum atomic E-state index is 11.1. The van der Waals surface area contributed by atoms with Gasteiger partial charge in [-0.05, 0) is 23.8 Å². The molecule has 0 saturated carbocycles. The number of nitrogens with one attached hydrogen (secondary N) is 1. The van der Waals surface area contributed by atoms with Crippen LogP contribution in [0.1, 0.15) is 5.56 Å². The molecule has 7 heteroatoms. The largest absolute Gasteiger partial charge is 0.506 e. The molecule has 0 aliphatic carbocycles. The first kappa shape index (κ1) is 16.9. The zero-order chi connectivity index (χ0) is 17.3. The Bertz CT molecular complexity index is 971. The van der Waals surface area contributed by atoms with Gasteiger partial charge in [0.25, 0.3) is 0 Å². The van der Waals surface area contributed by atoms with Crippen molar-refractivity contribution in [1.29, 1.82) is 0 Å². The van der Waals surface area contributed by atoms with Crippen LogP contribution in [-0.2, 0) is 15.8 Å². The van der Waals surface area contributed by atoms with Crippen molar-refractivity contribution >= 4 is 49.7 Å². The summed E-state index contributed by atoms with van der Waals surface area (Å²) in [4.78, 5) is 0. The van der Waals surface area contributed by atoms with Crippen LogP contribution in [0.5, 0.6) is 5.75 Å². The maximum absolute atomic E-state index is 11.1. The van der Waals surface area contributed by atoms with Gasteiger partial charge in [0.1, 0.15) is 5.75 Å². The van der Waals surface area contributed by atoms with E-state index in [0.717, 1.165) is 10.9 Å². The third-order valence-electron chi connectivity index (χ3n) is 3.50. The van der Waals surface area contributed by atoms with E-state index < -0.39 is 10.0 Å². The van der Waals surface area contributed by atoms with Crippen LogP contribution in [0.15, 0.2) is 54.6 Å². The zero-order valence-electron chi connectivity index (χ0n) is 12.3. The van der Waals surface area contributed by atoms with Gasteiger partial charge in [-0.3, -0.25) is 4.72 Å². The van der Waals surface area contributed by atoms with Crippen molar-refractivity contribution in [3.63, 3.8) is 0 Å². The lowest BCUT2D eigenvalue weighted by atomic mass is 10.1. The molecule has 0 saturated heterocycles. The molecule has 2 heterocycles. The number of anilines is 1. The van der Waals surface area contributed by atoms with E-state index in [1.165, 1.54) is 0 Å². The number of phenolic OH excluding ortho intramolecular Hbond substituents is 1. The van der Waals surface area contributed by atoms with E-state index in [1.54, 1.807) is 24.3 Å². The van der Waals surface area contributed by atoms with E-state index in [-0.39, 0.29) is 16.5 Å². The van der Waals surface area contributed by atoms with Gasteiger partial charge in [0, 0.05) is 16.5 Å². The summed E-state index contributed by atoms with van der Waals surface area (Å²) in [5.74, 6) is 0.172. The second-order valence-electron chi connectivity index (χ2n) is 5.29. The molecule has 5 rings (SSSR count). The Morgan fingerprint density at radius 2 is 1.54 bits per heavy atom. The summed E-state index contributed by atoms with van der Waals surface area (Å²) in [6.45, 7) is 0. The fourth-order valence-electron chi connectivity index (χ4n) is 2.39. The van der Waals surface area contributed by atoms with E-state index in [1.807, 2.05) is 30.3 Å². The third kappa shape index (κ3) is 3.59. The molecule has 0 radical (unpaired) electrons. The highest BCUT2D eigenvalue weighted by atomic mass is 35.5. The SMILES string of the molecule is O=S1(=O)Cc2ccc(cc2)N1.Oc1c(Cl)cc(Cl)c2ccccc12. The van der Waals surface area contributed by atoms with Crippen LogP contribution in [0.25, 0.3) is 10.8 Å². The van der Waals surface area contributed by atoms with Crippen molar-refractivity contribution in [2.75, 3.05) is 4.72 Å². The molecule has 0 atom stereocenters. The van der Waals surface area contributed by atoms with Crippen LogP contribution in [0, 0.1) is 0 Å². The Morgan fingerprint density at radius 3 is 2.21 bits per heavy atom. The molecule has 2 bridgehead atoms. The number of halogens is 2. The quantitative estimate of drug-likeness (QED) is 0.587. The monoisotopic (exact) mass is 381 g/mol. The molecule has 2 aliphatic heterocycles. The lowest BCUT2D eigenvalue weighted by Crippen LogP contribution is -2.11. The minimum atomic E-state index is -3.10. The molecule has 124 valence electrons. The highest BCUT2D eigenvalue weighted by Gasteiger charge is 2.15. The first-order valence-corrected chi connectivity index (χ1v) is 9.42. The van der Waals surface area contributed by atoms with Crippen molar-refractivity contribution in [3.05, 3.63) is 70.2 Å². The van der Waals surface area contributed by atoms with Gasteiger partial charge in [0.15, 0.2) is 0 Å². The van der Waals surface area contributed by atoms with Crippen molar-refractivity contribution in [1.82, 2.24) is 0 Å². The summed E-state index contributed by atoms with van der Waals surface area (Å²) in [6, 6.07) is 16.0.